The van der Waals surface area contributed by atoms with Gasteiger partial charge in [-0.05, 0) is 30.0 Å². The summed E-state index contributed by atoms with van der Waals surface area (Å²) in [6.45, 7) is 4.14. The van der Waals surface area contributed by atoms with Gasteiger partial charge < -0.3 is 19.7 Å². The number of fused-ring (bicyclic) bond motifs is 1. The third-order valence-corrected chi connectivity index (χ3v) is 3.34. The van der Waals surface area contributed by atoms with Crippen LogP contribution in [0.3, 0.4) is 0 Å². The summed E-state index contributed by atoms with van der Waals surface area (Å²) in [6, 6.07) is 5.73. The van der Waals surface area contributed by atoms with Crippen molar-refractivity contribution in [3.05, 3.63) is 23.8 Å². The molecule has 4 heteroatoms. The molecule has 0 amide bonds. The fraction of sp³-hybridized carbons (Fsp3) is 0.571. The Hall–Kier alpha value is -1.26. The summed E-state index contributed by atoms with van der Waals surface area (Å²) in [5, 5.41) is 19.4. The second kappa shape index (κ2) is 5.59. The van der Waals surface area contributed by atoms with Gasteiger partial charge in [0.1, 0.15) is 0 Å². The van der Waals surface area contributed by atoms with E-state index in [2.05, 4.69) is 0 Å². The lowest BCUT2D eigenvalue weighted by Gasteiger charge is -2.24. The lowest BCUT2D eigenvalue weighted by Crippen LogP contribution is -2.30. The third kappa shape index (κ3) is 2.76. The van der Waals surface area contributed by atoms with Gasteiger partial charge in [0.2, 0.25) is 6.79 Å². The first-order valence-corrected chi connectivity index (χ1v) is 6.29. The van der Waals surface area contributed by atoms with Crippen LogP contribution in [-0.2, 0) is 6.42 Å². The van der Waals surface area contributed by atoms with Crippen molar-refractivity contribution in [2.75, 3.05) is 13.4 Å². The molecule has 1 aliphatic rings. The van der Waals surface area contributed by atoms with Gasteiger partial charge in [-0.25, -0.2) is 0 Å². The zero-order valence-electron chi connectivity index (χ0n) is 10.8. The van der Waals surface area contributed by atoms with E-state index in [0.29, 0.717) is 6.42 Å². The van der Waals surface area contributed by atoms with Crippen molar-refractivity contribution in [1.29, 1.82) is 0 Å². The van der Waals surface area contributed by atoms with Crippen molar-refractivity contribution >= 4 is 0 Å². The molecule has 1 aromatic rings. The van der Waals surface area contributed by atoms with Crippen LogP contribution < -0.4 is 9.47 Å². The molecule has 0 spiro atoms. The molecule has 1 aliphatic heterocycles. The number of hydrogen-bond acceptors (Lipinski definition) is 4. The minimum atomic E-state index is -0.500. The summed E-state index contributed by atoms with van der Waals surface area (Å²) < 4.78 is 10.6. The Morgan fingerprint density at radius 2 is 1.94 bits per heavy atom. The summed E-state index contributed by atoms with van der Waals surface area (Å²) in [6.07, 6.45) is 0.132. The summed E-state index contributed by atoms with van der Waals surface area (Å²) in [5.74, 6) is 1.48. The van der Waals surface area contributed by atoms with Gasteiger partial charge in [0, 0.05) is 12.5 Å². The maximum Gasteiger partial charge on any atom is 0.231 e. The summed E-state index contributed by atoms with van der Waals surface area (Å²) >= 11 is 0. The molecule has 18 heavy (non-hydrogen) atoms. The molecule has 0 aliphatic carbocycles. The average Bonchev–Trinajstić information content (AvgIpc) is 2.82. The highest BCUT2D eigenvalue weighted by Gasteiger charge is 2.23. The first-order valence-electron chi connectivity index (χ1n) is 6.29. The average molecular weight is 252 g/mol. The van der Waals surface area contributed by atoms with E-state index < -0.39 is 6.10 Å². The van der Waals surface area contributed by atoms with E-state index >= 15 is 0 Å². The van der Waals surface area contributed by atoms with Crippen molar-refractivity contribution in [2.24, 2.45) is 11.8 Å². The molecular formula is C14H20O4. The molecule has 0 bridgehead atoms. The lowest BCUT2D eigenvalue weighted by atomic mass is 9.88. The van der Waals surface area contributed by atoms with Crippen LogP contribution in [0.5, 0.6) is 11.5 Å². The van der Waals surface area contributed by atoms with Crippen LogP contribution >= 0.6 is 0 Å². The number of rotatable bonds is 5. The molecule has 0 saturated heterocycles. The van der Waals surface area contributed by atoms with Crippen molar-refractivity contribution in [3.63, 3.8) is 0 Å². The van der Waals surface area contributed by atoms with E-state index in [0.717, 1.165) is 17.1 Å². The Morgan fingerprint density at radius 3 is 2.61 bits per heavy atom. The van der Waals surface area contributed by atoms with Gasteiger partial charge in [-0.1, -0.05) is 19.9 Å². The zero-order valence-corrected chi connectivity index (χ0v) is 10.8. The Bertz CT molecular complexity index is 403. The fourth-order valence-corrected chi connectivity index (χ4v) is 2.21. The predicted molar refractivity (Wildman–Crippen MR) is 67.7 cm³/mol. The quantitative estimate of drug-likeness (QED) is 0.835. The molecule has 1 aromatic carbocycles. The van der Waals surface area contributed by atoms with Crippen molar-refractivity contribution in [3.8, 4) is 11.5 Å². The highest BCUT2D eigenvalue weighted by molar-refractivity contribution is 5.44. The summed E-state index contributed by atoms with van der Waals surface area (Å²) in [7, 11) is 0. The van der Waals surface area contributed by atoms with Gasteiger partial charge in [-0.2, -0.15) is 0 Å². The molecule has 2 N–H and O–H groups in total. The first kappa shape index (κ1) is 13.2. The van der Waals surface area contributed by atoms with E-state index in [4.69, 9.17) is 9.47 Å². The molecule has 2 rings (SSSR count). The maximum atomic E-state index is 10.0. The SMILES string of the molecule is CC(C)[C@H](O)[C@H](CO)Cc1ccc2c(c1)OCO2. The van der Waals surface area contributed by atoms with Crippen LogP contribution in [0.4, 0.5) is 0 Å². The zero-order chi connectivity index (χ0) is 13.1. The normalized spacial score (nSPS) is 16.9. The molecule has 1 heterocycles. The molecular weight excluding hydrogens is 232 g/mol. The van der Waals surface area contributed by atoms with E-state index in [1.165, 1.54) is 0 Å². The summed E-state index contributed by atoms with van der Waals surface area (Å²) in [4.78, 5) is 0. The monoisotopic (exact) mass is 252 g/mol. The van der Waals surface area contributed by atoms with E-state index in [-0.39, 0.29) is 25.2 Å². The van der Waals surface area contributed by atoms with Gasteiger partial charge in [-0.3, -0.25) is 0 Å². The van der Waals surface area contributed by atoms with E-state index in [1.807, 2.05) is 32.0 Å². The molecule has 0 aromatic heterocycles. The van der Waals surface area contributed by atoms with Gasteiger partial charge >= 0.3 is 0 Å². The smallest absolute Gasteiger partial charge is 0.231 e. The van der Waals surface area contributed by atoms with Crippen molar-refractivity contribution in [2.45, 2.75) is 26.4 Å². The Kier molecular flexibility index (Phi) is 4.09. The molecule has 0 unspecified atom stereocenters. The molecule has 0 saturated carbocycles. The highest BCUT2D eigenvalue weighted by atomic mass is 16.7. The van der Waals surface area contributed by atoms with Gasteiger partial charge in [0.25, 0.3) is 0 Å². The standard InChI is InChI=1S/C14H20O4/c1-9(2)14(16)11(7-15)5-10-3-4-12-13(6-10)18-8-17-12/h3-4,6,9,11,14-16H,5,7-8H2,1-2H3/t11-,14-/m0/s1. The van der Waals surface area contributed by atoms with Gasteiger partial charge in [-0.15, -0.1) is 0 Å². The Morgan fingerprint density at radius 1 is 1.22 bits per heavy atom. The van der Waals surface area contributed by atoms with Crippen molar-refractivity contribution in [1.82, 2.24) is 0 Å². The topological polar surface area (TPSA) is 58.9 Å². The minimum absolute atomic E-state index is 0.0201. The van der Waals surface area contributed by atoms with Crippen LogP contribution in [0.1, 0.15) is 19.4 Å². The number of benzene rings is 1. The Balaban J connectivity index is 2.08. The summed E-state index contributed by atoms with van der Waals surface area (Å²) in [5.41, 5.74) is 1.04. The number of hydrogen-bond donors (Lipinski definition) is 2. The van der Waals surface area contributed by atoms with Gasteiger partial charge in [0.05, 0.1) is 6.10 Å². The van der Waals surface area contributed by atoms with Crippen LogP contribution in [0.25, 0.3) is 0 Å². The van der Waals surface area contributed by atoms with Crippen LogP contribution in [0.15, 0.2) is 18.2 Å². The van der Waals surface area contributed by atoms with Crippen LogP contribution in [0, 0.1) is 11.8 Å². The third-order valence-electron chi connectivity index (χ3n) is 3.34. The minimum Gasteiger partial charge on any atom is -0.454 e. The largest absolute Gasteiger partial charge is 0.454 e. The van der Waals surface area contributed by atoms with Gasteiger partial charge in [0.15, 0.2) is 11.5 Å². The van der Waals surface area contributed by atoms with Crippen LogP contribution in [-0.4, -0.2) is 29.7 Å². The van der Waals surface area contributed by atoms with E-state index in [9.17, 15) is 10.2 Å². The van der Waals surface area contributed by atoms with Crippen LogP contribution in [0.2, 0.25) is 0 Å². The first-order chi connectivity index (χ1) is 8.61. The molecule has 4 nitrogen and oxygen atoms in total. The predicted octanol–water partition coefficient (Wildman–Crippen LogP) is 1.58. The van der Waals surface area contributed by atoms with Crippen molar-refractivity contribution < 1.29 is 19.7 Å². The number of ether oxygens (including phenoxy) is 2. The molecule has 0 radical (unpaired) electrons. The maximum absolute atomic E-state index is 10.0. The number of aliphatic hydroxyl groups excluding tert-OH is 2. The second-order valence-electron chi connectivity index (χ2n) is 5.07. The second-order valence-corrected chi connectivity index (χ2v) is 5.07. The highest BCUT2D eigenvalue weighted by Crippen LogP contribution is 2.33. The fourth-order valence-electron chi connectivity index (χ4n) is 2.21. The Labute approximate surface area is 107 Å². The van der Waals surface area contributed by atoms with E-state index in [1.54, 1.807) is 0 Å². The molecule has 100 valence electrons. The molecule has 2 atom stereocenters. The lowest BCUT2D eigenvalue weighted by molar-refractivity contribution is 0.0340. The molecule has 0 fully saturated rings. The number of aliphatic hydroxyl groups is 2.